The van der Waals surface area contributed by atoms with Crippen molar-refractivity contribution < 1.29 is 24.1 Å². The van der Waals surface area contributed by atoms with Gasteiger partial charge in [-0.15, -0.1) is 0 Å². The van der Waals surface area contributed by atoms with Gasteiger partial charge in [-0.05, 0) is 30.4 Å². The third-order valence-corrected chi connectivity index (χ3v) is 4.51. The molecule has 4 rings (SSSR count). The van der Waals surface area contributed by atoms with E-state index in [0.29, 0.717) is 22.8 Å². The minimum Gasteiger partial charge on any atom is -0.476 e. The molecule has 1 amide bonds. The lowest BCUT2D eigenvalue weighted by molar-refractivity contribution is -0.414. The lowest BCUT2D eigenvalue weighted by atomic mass is 9.94. The Morgan fingerprint density at radius 1 is 1.22 bits per heavy atom. The van der Waals surface area contributed by atoms with Crippen molar-refractivity contribution in [3.8, 4) is 0 Å². The normalized spacial score (nSPS) is 17.9. The summed E-state index contributed by atoms with van der Waals surface area (Å²) in [6.45, 7) is 0. The number of carbonyl (C=O) groups excluding carboxylic acids is 2. The second kappa shape index (κ2) is 6.17. The van der Waals surface area contributed by atoms with Crippen LogP contribution in [-0.2, 0) is 0 Å². The zero-order chi connectivity index (χ0) is 19.1. The molecule has 0 saturated carbocycles. The molecule has 0 spiro atoms. The van der Waals surface area contributed by atoms with Crippen molar-refractivity contribution in [2.75, 3.05) is 7.05 Å². The summed E-state index contributed by atoms with van der Waals surface area (Å²) in [6, 6.07) is 10.1. The molecule has 134 valence electrons. The second-order valence-electron chi connectivity index (χ2n) is 6.18. The Morgan fingerprint density at radius 3 is 2.67 bits per heavy atom. The van der Waals surface area contributed by atoms with Crippen LogP contribution in [0.3, 0.4) is 0 Å². The number of carboxylic acids is 1. The fourth-order valence-electron chi connectivity index (χ4n) is 3.13. The molecule has 8 heteroatoms. The van der Waals surface area contributed by atoms with E-state index in [0.717, 1.165) is 4.68 Å². The number of hydrogen-bond donors (Lipinski definition) is 2. The van der Waals surface area contributed by atoms with Crippen LogP contribution >= 0.6 is 0 Å². The summed E-state index contributed by atoms with van der Waals surface area (Å²) in [6.07, 6.45) is 5.08. The van der Waals surface area contributed by atoms with Gasteiger partial charge in [-0.3, -0.25) is 4.79 Å². The first-order valence-electron chi connectivity index (χ1n) is 8.20. The molecular formula is C19H15N4O4+. The molecule has 1 aliphatic heterocycles. The van der Waals surface area contributed by atoms with E-state index in [1.165, 1.54) is 6.07 Å². The minimum absolute atomic E-state index is 0.199. The van der Waals surface area contributed by atoms with Gasteiger partial charge in [0.2, 0.25) is 0 Å². The smallest absolute Gasteiger partial charge is 0.358 e. The molecule has 0 fully saturated rings. The van der Waals surface area contributed by atoms with Crippen molar-refractivity contribution in [3.05, 3.63) is 71.6 Å². The Hall–Kier alpha value is -3.81. The Bertz CT molecular complexity index is 1080. The number of aromatic nitrogens is 2. The number of carboxylic acid groups (broad SMARTS) is 1. The van der Waals surface area contributed by atoms with Gasteiger partial charge in [-0.2, -0.15) is 0 Å². The van der Waals surface area contributed by atoms with E-state index in [2.05, 4.69) is 10.4 Å². The number of rotatable bonds is 3. The highest BCUT2D eigenvalue weighted by molar-refractivity contribution is 6.13. The summed E-state index contributed by atoms with van der Waals surface area (Å²) in [5, 5.41) is 15.8. The maximum absolute atomic E-state index is 12.8. The van der Waals surface area contributed by atoms with Gasteiger partial charge in [-0.1, -0.05) is 28.0 Å². The number of carbonyl (C=O) groups is 3. The van der Waals surface area contributed by atoms with Gasteiger partial charge in [0.05, 0.1) is 13.1 Å². The van der Waals surface area contributed by atoms with Gasteiger partial charge in [0, 0.05) is 11.3 Å². The average Bonchev–Trinajstić information content (AvgIpc) is 3.13. The summed E-state index contributed by atoms with van der Waals surface area (Å²) < 4.78 is 2.80. The van der Waals surface area contributed by atoms with Crippen molar-refractivity contribution in [1.82, 2.24) is 15.1 Å². The summed E-state index contributed by atoms with van der Waals surface area (Å²) >= 11 is 0. The predicted molar refractivity (Wildman–Crippen MR) is 95.3 cm³/mol. The number of nitrogens with zero attached hydrogens (tertiary/aromatic N) is 3. The van der Waals surface area contributed by atoms with E-state index >= 15 is 0 Å². The van der Waals surface area contributed by atoms with Gasteiger partial charge in [0.25, 0.3) is 5.91 Å². The Labute approximate surface area is 153 Å². The Balaban J connectivity index is 1.66. The topological polar surface area (TPSA) is 104 Å². The van der Waals surface area contributed by atoms with Crippen LogP contribution in [0.25, 0.3) is 0 Å². The van der Waals surface area contributed by atoms with Gasteiger partial charge in [-0.25, -0.2) is 14.2 Å². The minimum atomic E-state index is -1.20. The number of allylic oxidation sites excluding steroid dienone is 3. The molecule has 27 heavy (non-hydrogen) atoms. The number of fused-ring (bicyclic) bond motifs is 2. The summed E-state index contributed by atoms with van der Waals surface area (Å²) in [4.78, 5) is 36.3. The highest BCUT2D eigenvalue weighted by atomic mass is 16.4. The Morgan fingerprint density at radius 2 is 1.96 bits per heavy atom. The van der Waals surface area contributed by atoms with Crippen LogP contribution in [-0.4, -0.2) is 50.0 Å². The van der Waals surface area contributed by atoms with Crippen molar-refractivity contribution in [2.24, 2.45) is 5.92 Å². The van der Waals surface area contributed by atoms with Crippen LogP contribution in [0.2, 0.25) is 0 Å². The molecule has 0 saturated heterocycles. The van der Waals surface area contributed by atoms with Crippen LogP contribution in [0.15, 0.2) is 60.3 Å². The molecule has 2 aliphatic rings. The average molecular weight is 363 g/mol. The highest BCUT2D eigenvalue weighted by Crippen LogP contribution is 2.26. The molecule has 2 aromatic rings. The molecule has 1 aliphatic carbocycles. The summed E-state index contributed by atoms with van der Waals surface area (Å²) in [5.74, 6) is -2.13. The third-order valence-electron chi connectivity index (χ3n) is 4.51. The van der Waals surface area contributed by atoms with Gasteiger partial charge in [0.15, 0.2) is 5.69 Å². The maximum Gasteiger partial charge on any atom is 0.358 e. The quantitative estimate of drug-likeness (QED) is 0.803. The standard InChI is InChI=1S/C19H14N4O4/c1-22-15-8-7-12(20-17(24)11-5-3-2-4-6-11)9-13(15)18(25)23-16(22)10-14(21-23)19(26)27/h2-10,13H,1H3,(H-,20,24,26,27)/p+1. The molecule has 2 N–H and O–H groups in total. The van der Waals surface area contributed by atoms with E-state index in [9.17, 15) is 14.4 Å². The highest BCUT2D eigenvalue weighted by Gasteiger charge is 2.41. The molecular weight excluding hydrogens is 348 g/mol. The van der Waals surface area contributed by atoms with E-state index in [1.807, 2.05) is 6.07 Å². The number of amides is 1. The monoisotopic (exact) mass is 363 g/mol. The molecule has 1 atom stereocenters. The second-order valence-corrected chi connectivity index (χ2v) is 6.18. The van der Waals surface area contributed by atoms with Crippen LogP contribution in [0, 0.1) is 5.92 Å². The van der Waals surface area contributed by atoms with Crippen molar-refractivity contribution in [3.63, 3.8) is 0 Å². The molecule has 1 aromatic heterocycles. The van der Waals surface area contributed by atoms with Crippen LogP contribution in [0.4, 0.5) is 5.82 Å². The molecule has 1 aromatic carbocycles. The van der Waals surface area contributed by atoms with E-state index in [1.54, 1.807) is 54.1 Å². The van der Waals surface area contributed by atoms with E-state index in [-0.39, 0.29) is 17.5 Å². The van der Waals surface area contributed by atoms with Crippen molar-refractivity contribution in [2.45, 2.75) is 0 Å². The van der Waals surface area contributed by atoms with E-state index in [4.69, 9.17) is 5.11 Å². The zero-order valence-electron chi connectivity index (χ0n) is 14.3. The fraction of sp³-hybridized carbons (Fsp3) is 0.105. The molecule has 2 heterocycles. The van der Waals surface area contributed by atoms with Crippen molar-refractivity contribution >= 4 is 29.3 Å². The Kier molecular flexibility index (Phi) is 3.80. The molecule has 0 bridgehead atoms. The lowest BCUT2D eigenvalue weighted by Crippen LogP contribution is -2.39. The molecule has 0 radical (unpaired) electrons. The van der Waals surface area contributed by atoms with Crippen LogP contribution in [0.1, 0.15) is 25.6 Å². The first-order chi connectivity index (χ1) is 13.0. The number of nitrogens with one attached hydrogen (secondary N) is 1. The van der Waals surface area contributed by atoms with E-state index < -0.39 is 11.9 Å². The van der Waals surface area contributed by atoms with Gasteiger partial charge < -0.3 is 10.4 Å². The molecule has 8 nitrogen and oxygen atoms in total. The summed E-state index contributed by atoms with van der Waals surface area (Å²) in [5.41, 5.74) is 1.49. The van der Waals surface area contributed by atoms with Crippen molar-refractivity contribution in [1.29, 1.82) is 0 Å². The van der Waals surface area contributed by atoms with Gasteiger partial charge >= 0.3 is 17.7 Å². The fourth-order valence-corrected chi connectivity index (χ4v) is 3.13. The SMILES string of the molecule is C[N+]1=C2C=CC(NC(=O)c3ccccc3)=CC2C(=O)n2nc(C(=O)O)cc21. The maximum atomic E-state index is 12.8. The largest absolute Gasteiger partial charge is 0.476 e. The number of aromatic carboxylic acids is 1. The lowest BCUT2D eigenvalue weighted by Gasteiger charge is -2.21. The number of benzene rings is 1. The van der Waals surface area contributed by atoms with Crippen LogP contribution < -0.4 is 5.32 Å². The number of hydrogen-bond acceptors (Lipinski definition) is 4. The first kappa shape index (κ1) is 16.6. The van der Waals surface area contributed by atoms with Crippen LogP contribution in [0.5, 0.6) is 0 Å². The first-order valence-corrected chi connectivity index (χ1v) is 8.20. The predicted octanol–water partition coefficient (Wildman–Crippen LogP) is 1.45. The summed E-state index contributed by atoms with van der Waals surface area (Å²) in [7, 11) is 1.74. The van der Waals surface area contributed by atoms with Gasteiger partial charge in [0.1, 0.15) is 11.6 Å². The molecule has 1 unspecified atom stereocenters. The third kappa shape index (κ3) is 2.77. The zero-order valence-corrected chi connectivity index (χ0v) is 14.3.